The molecule has 28 heavy (non-hydrogen) atoms. The van der Waals surface area contributed by atoms with Gasteiger partial charge in [0.25, 0.3) is 11.8 Å². The number of rotatable bonds is 4. The normalized spacial score (nSPS) is 13.1. The van der Waals surface area contributed by atoms with Crippen molar-refractivity contribution in [2.75, 3.05) is 30.9 Å². The summed E-state index contributed by atoms with van der Waals surface area (Å²) in [6, 6.07) is 10.9. The predicted molar refractivity (Wildman–Crippen MR) is 108 cm³/mol. The molecular weight excluding hydrogens is 376 g/mol. The molecule has 0 atom stereocenters. The zero-order chi connectivity index (χ0) is 19.7. The number of anilines is 2. The predicted octanol–water partition coefficient (Wildman–Crippen LogP) is 3.25. The van der Waals surface area contributed by atoms with Gasteiger partial charge in [-0.1, -0.05) is 11.3 Å². The van der Waals surface area contributed by atoms with Crippen molar-refractivity contribution >= 4 is 34.0 Å². The first kappa shape index (κ1) is 18.2. The van der Waals surface area contributed by atoms with Crippen LogP contribution in [0.15, 0.2) is 47.1 Å². The van der Waals surface area contributed by atoms with Crippen molar-refractivity contribution in [2.24, 2.45) is 0 Å². The van der Waals surface area contributed by atoms with Crippen LogP contribution in [0.4, 0.5) is 10.8 Å². The SMILES string of the molecule is CN(C)c1ccc(C(=O)N2CCc3nc(NC(=O)c4ccco4)sc3C2)cc1. The number of nitrogens with one attached hydrogen (secondary N) is 1. The fourth-order valence-electron chi connectivity index (χ4n) is 3.07. The molecule has 0 fully saturated rings. The maximum Gasteiger partial charge on any atom is 0.293 e. The second kappa shape index (κ2) is 7.47. The Hall–Kier alpha value is -3.13. The Balaban J connectivity index is 1.45. The first-order valence-electron chi connectivity index (χ1n) is 8.91. The number of thiazole rings is 1. The molecular formula is C20H20N4O3S. The van der Waals surface area contributed by atoms with Gasteiger partial charge in [-0.05, 0) is 36.4 Å². The van der Waals surface area contributed by atoms with Gasteiger partial charge in [-0.3, -0.25) is 14.9 Å². The van der Waals surface area contributed by atoms with Crippen molar-refractivity contribution in [1.82, 2.24) is 9.88 Å². The van der Waals surface area contributed by atoms with E-state index in [9.17, 15) is 9.59 Å². The Morgan fingerprint density at radius 1 is 1.21 bits per heavy atom. The number of aromatic nitrogens is 1. The minimum absolute atomic E-state index is 0.00512. The second-order valence-electron chi connectivity index (χ2n) is 6.74. The molecule has 144 valence electrons. The first-order chi connectivity index (χ1) is 13.5. The Kier molecular flexibility index (Phi) is 4.87. The van der Waals surface area contributed by atoms with Gasteiger partial charge in [-0.25, -0.2) is 4.98 Å². The van der Waals surface area contributed by atoms with Crippen molar-refractivity contribution in [1.29, 1.82) is 0 Å². The van der Waals surface area contributed by atoms with Gasteiger partial charge in [0, 0.05) is 43.2 Å². The number of benzene rings is 1. The lowest BCUT2D eigenvalue weighted by Gasteiger charge is -2.26. The minimum Gasteiger partial charge on any atom is -0.459 e. The summed E-state index contributed by atoms with van der Waals surface area (Å²) in [5.41, 5.74) is 2.66. The Morgan fingerprint density at radius 3 is 2.68 bits per heavy atom. The highest BCUT2D eigenvalue weighted by atomic mass is 32.1. The quantitative estimate of drug-likeness (QED) is 0.732. The lowest BCUT2D eigenvalue weighted by molar-refractivity contribution is 0.0736. The van der Waals surface area contributed by atoms with E-state index < -0.39 is 0 Å². The number of carbonyl (C=O) groups excluding carboxylic acids is 2. The number of hydrogen-bond acceptors (Lipinski definition) is 6. The molecule has 2 amide bonds. The molecule has 7 nitrogen and oxygen atoms in total. The van der Waals surface area contributed by atoms with Crippen LogP contribution in [0, 0.1) is 0 Å². The van der Waals surface area contributed by atoms with Crippen LogP contribution in [0.3, 0.4) is 0 Å². The molecule has 1 aromatic carbocycles. The maximum atomic E-state index is 12.8. The smallest absolute Gasteiger partial charge is 0.293 e. The summed E-state index contributed by atoms with van der Waals surface area (Å²) in [5.74, 6) is -0.0818. The molecule has 1 aliphatic rings. The summed E-state index contributed by atoms with van der Waals surface area (Å²) >= 11 is 1.40. The van der Waals surface area contributed by atoms with Gasteiger partial charge in [0.1, 0.15) is 0 Å². The molecule has 0 unspecified atom stereocenters. The van der Waals surface area contributed by atoms with E-state index in [-0.39, 0.29) is 17.6 Å². The van der Waals surface area contributed by atoms with Gasteiger partial charge < -0.3 is 14.2 Å². The largest absolute Gasteiger partial charge is 0.459 e. The van der Waals surface area contributed by atoms with E-state index in [0.717, 1.165) is 16.3 Å². The molecule has 0 radical (unpaired) electrons. The van der Waals surface area contributed by atoms with Crippen molar-refractivity contribution in [2.45, 2.75) is 13.0 Å². The van der Waals surface area contributed by atoms with Crippen LogP contribution in [0.2, 0.25) is 0 Å². The number of amides is 2. The summed E-state index contributed by atoms with van der Waals surface area (Å²) in [7, 11) is 3.93. The van der Waals surface area contributed by atoms with Gasteiger partial charge in [0.15, 0.2) is 10.9 Å². The third-order valence-electron chi connectivity index (χ3n) is 4.61. The summed E-state index contributed by atoms with van der Waals surface area (Å²) in [6.07, 6.45) is 2.13. The van der Waals surface area contributed by atoms with E-state index in [4.69, 9.17) is 4.42 Å². The van der Waals surface area contributed by atoms with E-state index in [0.29, 0.717) is 30.2 Å². The maximum absolute atomic E-state index is 12.8. The van der Waals surface area contributed by atoms with Crippen LogP contribution in [0.25, 0.3) is 0 Å². The third-order valence-corrected chi connectivity index (χ3v) is 5.61. The van der Waals surface area contributed by atoms with Crippen molar-refractivity contribution in [3.8, 4) is 0 Å². The molecule has 8 heteroatoms. The number of nitrogens with zero attached hydrogens (tertiary/aromatic N) is 3. The number of furan rings is 1. The fourth-order valence-corrected chi connectivity index (χ4v) is 4.09. The van der Waals surface area contributed by atoms with Crippen molar-refractivity contribution in [3.63, 3.8) is 0 Å². The average Bonchev–Trinajstić information content (AvgIpc) is 3.36. The molecule has 0 aliphatic carbocycles. The molecule has 4 rings (SSSR count). The zero-order valence-electron chi connectivity index (χ0n) is 15.6. The van der Waals surface area contributed by atoms with E-state index in [1.54, 1.807) is 12.1 Å². The number of fused-ring (bicyclic) bond motifs is 1. The highest BCUT2D eigenvalue weighted by molar-refractivity contribution is 7.15. The fraction of sp³-hybridized carbons (Fsp3) is 0.250. The van der Waals surface area contributed by atoms with E-state index in [1.165, 1.54) is 17.6 Å². The molecule has 0 bridgehead atoms. The molecule has 1 N–H and O–H groups in total. The Labute approximate surface area is 166 Å². The molecule has 3 aromatic rings. The third kappa shape index (κ3) is 3.63. The van der Waals surface area contributed by atoms with Crippen LogP contribution in [0.5, 0.6) is 0 Å². The van der Waals surface area contributed by atoms with Gasteiger partial charge in [-0.15, -0.1) is 0 Å². The van der Waals surface area contributed by atoms with E-state index in [2.05, 4.69) is 10.3 Å². The van der Waals surface area contributed by atoms with Crippen molar-refractivity contribution < 1.29 is 14.0 Å². The van der Waals surface area contributed by atoms with Crippen LogP contribution < -0.4 is 10.2 Å². The van der Waals surface area contributed by atoms with Crippen molar-refractivity contribution in [3.05, 3.63) is 64.6 Å². The van der Waals surface area contributed by atoms with Crippen LogP contribution in [-0.2, 0) is 13.0 Å². The average molecular weight is 396 g/mol. The molecule has 0 saturated carbocycles. The van der Waals surface area contributed by atoms with Gasteiger partial charge in [0.2, 0.25) is 0 Å². The molecule has 1 aliphatic heterocycles. The Morgan fingerprint density at radius 2 is 2.00 bits per heavy atom. The first-order valence-corrected chi connectivity index (χ1v) is 9.73. The highest BCUT2D eigenvalue weighted by Crippen LogP contribution is 2.29. The standard InChI is InChI=1S/C20H20N4O3S/c1-23(2)14-7-5-13(6-8-14)19(26)24-10-9-15-17(12-24)28-20(21-15)22-18(25)16-4-3-11-27-16/h3-8,11H,9-10,12H2,1-2H3,(H,21,22,25). The lowest BCUT2D eigenvalue weighted by Crippen LogP contribution is -2.35. The minimum atomic E-state index is -0.329. The van der Waals surface area contributed by atoms with Gasteiger partial charge in [-0.2, -0.15) is 0 Å². The topological polar surface area (TPSA) is 78.7 Å². The van der Waals surface area contributed by atoms with Crippen LogP contribution in [0.1, 0.15) is 31.5 Å². The zero-order valence-corrected chi connectivity index (χ0v) is 16.5. The number of carbonyl (C=O) groups is 2. The van der Waals surface area contributed by atoms with Crippen LogP contribution >= 0.6 is 11.3 Å². The summed E-state index contributed by atoms with van der Waals surface area (Å²) in [5, 5.41) is 3.28. The molecule has 0 spiro atoms. The lowest BCUT2D eigenvalue weighted by atomic mass is 10.1. The molecule has 2 aromatic heterocycles. The van der Waals surface area contributed by atoms with E-state index in [1.807, 2.05) is 48.2 Å². The molecule has 3 heterocycles. The summed E-state index contributed by atoms with van der Waals surface area (Å²) in [6.45, 7) is 1.11. The van der Waals surface area contributed by atoms with Crippen LogP contribution in [-0.4, -0.2) is 42.3 Å². The monoisotopic (exact) mass is 396 g/mol. The van der Waals surface area contributed by atoms with E-state index >= 15 is 0 Å². The highest BCUT2D eigenvalue weighted by Gasteiger charge is 2.25. The number of hydrogen-bond donors (Lipinski definition) is 1. The second-order valence-corrected chi connectivity index (χ2v) is 7.82. The molecule has 0 saturated heterocycles. The van der Waals surface area contributed by atoms with Gasteiger partial charge in [0.05, 0.1) is 18.5 Å². The van der Waals surface area contributed by atoms with Gasteiger partial charge >= 0.3 is 0 Å². The Bertz CT molecular complexity index is 993. The summed E-state index contributed by atoms with van der Waals surface area (Å²) < 4.78 is 5.10. The summed E-state index contributed by atoms with van der Waals surface area (Å²) in [4.78, 5) is 34.3.